The summed E-state index contributed by atoms with van der Waals surface area (Å²) in [6.07, 6.45) is 3.74. The quantitative estimate of drug-likeness (QED) is 0.617. The molecule has 2 saturated heterocycles. The topological polar surface area (TPSA) is 79.0 Å². The van der Waals surface area contributed by atoms with E-state index in [0.29, 0.717) is 18.0 Å². The first-order valence-electron chi connectivity index (χ1n) is 13.1. The van der Waals surface area contributed by atoms with Crippen molar-refractivity contribution in [2.75, 3.05) is 18.4 Å². The third-order valence-electron chi connectivity index (χ3n) is 7.79. The molecule has 7 nitrogen and oxygen atoms in total. The average molecular weight is 490 g/mol. The molecular formula is C29H35N3O4. The van der Waals surface area contributed by atoms with Gasteiger partial charge in [0.1, 0.15) is 6.54 Å². The molecule has 2 aliphatic heterocycles. The Hall–Kier alpha value is -3.19. The Morgan fingerprint density at radius 2 is 1.83 bits per heavy atom. The maximum Gasteiger partial charge on any atom is 0.327 e. The van der Waals surface area contributed by atoms with Crippen LogP contribution in [0.2, 0.25) is 0 Å². The molecule has 2 aromatic rings. The van der Waals surface area contributed by atoms with Gasteiger partial charge < -0.3 is 15.0 Å². The van der Waals surface area contributed by atoms with Crippen LogP contribution in [0.1, 0.15) is 56.6 Å². The van der Waals surface area contributed by atoms with Crippen molar-refractivity contribution in [2.24, 2.45) is 5.92 Å². The molecule has 2 aromatic carbocycles. The van der Waals surface area contributed by atoms with E-state index >= 15 is 0 Å². The van der Waals surface area contributed by atoms with Gasteiger partial charge in [0, 0.05) is 18.2 Å². The van der Waals surface area contributed by atoms with Crippen molar-refractivity contribution in [3.8, 4) is 0 Å². The minimum Gasteiger partial charge on any atom is -0.363 e. The fourth-order valence-electron chi connectivity index (χ4n) is 5.90. The molecule has 4 amide bonds. The van der Waals surface area contributed by atoms with Crippen LogP contribution in [0.3, 0.4) is 0 Å². The number of amides is 4. The van der Waals surface area contributed by atoms with Gasteiger partial charge in [-0.3, -0.25) is 14.5 Å². The molecule has 1 aliphatic carbocycles. The van der Waals surface area contributed by atoms with Crippen LogP contribution < -0.4 is 5.32 Å². The van der Waals surface area contributed by atoms with E-state index in [1.807, 2.05) is 54.6 Å². The van der Waals surface area contributed by atoms with E-state index in [4.69, 9.17) is 4.74 Å². The molecule has 5 rings (SSSR count). The SMILES string of the molecule is CC(C)c1cccc(NC(=O)CN2C(=O)N(CCc3ccccc3)C(=O)C3OC4CCCCC4C32)c1. The van der Waals surface area contributed by atoms with Crippen LogP contribution >= 0.6 is 0 Å². The largest absolute Gasteiger partial charge is 0.363 e. The third-order valence-corrected chi connectivity index (χ3v) is 7.79. The lowest BCUT2D eigenvalue weighted by molar-refractivity contribution is -0.147. The number of benzene rings is 2. The number of hydrogen-bond acceptors (Lipinski definition) is 4. The van der Waals surface area contributed by atoms with Gasteiger partial charge in [-0.25, -0.2) is 4.79 Å². The number of rotatable bonds is 7. The first-order chi connectivity index (χ1) is 17.4. The predicted molar refractivity (Wildman–Crippen MR) is 138 cm³/mol. The van der Waals surface area contributed by atoms with Crippen molar-refractivity contribution in [2.45, 2.75) is 70.1 Å². The Balaban J connectivity index is 1.36. The summed E-state index contributed by atoms with van der Waals surface area (Å²) in [5.41, 5.74) is 2.90. The van der Waals surface area contributed by atoms with Crippen molar-refractivity contribution in [3.63, 3.8) is 0 Å². The lowest BCUT2D eigenvalue weighted by atomic mass is 9.81. The van der Waals surface area contributed by atoms with Gasteiger partial charge in [0.25, 0.3) is 5.91 Å². The molecule has 0 radical (unpaired) electrons. The van der Waals surface area contributed by atoms with Crippen molar-refractivity contribution in [1.82, 2.24) is 9.80 Å². The number of imide groups is 1. The number of nitrogens with zero attached hydrogens (tertiary/aromatic N) is 2. The molecule has 4 unspecified atom stereocenters. The number of nitrogens with one attached hydrogen (secondary N) is 1. The van der Waals surface area contributed by atoms with Crippen LogP contribution in [0.4, 0.5) is 10.5 Å². The number of fused-ring (bicyclic) bond motifs is 3. The number of carbonyl (C=O) groups is 3. The predicted octanol–water partition coefficient (Wildman–Crippen LogP) is 4.58. The Kier molecular flexibility index (Phi) is 7.10. The highest BCUT2D eigenvalue weighted by Gasteiger charge is 2.57. The fourth-order valence-corrected chi connectivity index (χ4v) is 5.90. The molecule has 3 aliphatic rings. The normalized spacial score (nSPS) is 25.6. The van der Waals surface area contributed by atoms with Crippen LogP contribution in [0, 0.1) is 5.92 Å². The Morgan fingerprint density at radius 1 is 1.06 bits per heavy atom. The zero-order valence-corrected chi connectivity index (χ0v) is 21.1. The van der Waals surface area contributed by atoms with Crippen molar-refractivity contribution in [3.05, 3.63) is 65.7 Å². The monoisotopic (exact) mass is 489 g/mol. The van der Waals surface area contributed by atoms with E-state index in [9.17, 15) is 14.4 Å². The summed E-state index contributed by atoms with van der Waals surface area (Å²) in [4.78, 5) is 43.2. The van der Waals surface area contributed by atoms with Crippen LogP contribution in [0.15, 0.2) is 54.6 Å². The molecule has 0 aromatic heterocycles. The standard InChI is InChI=1S/C29H35N3O4/c1-19(2)21-11-8-12-22(17-21)30-25(33)18-32-26-23-13-6-7-14-24(23)36-27(26)28(34)31(29(32)35)16-15-20-9-4-3-5-10-20/h3-5,8-12,17,19,23-24,26-27H,6-7,13-16,18H2,1-2H3,(H,30,33). The zero-order chi connectivity index (χ0) is 25.2. The van der Waals surface area contributed by atoms with E-state index in [2.05, 4.69) is 19.2 Å². The number of anilines is 1. The maximum absolute atomic E-state index is 13.7. The molecule has 0 spiro atoms. The summed E-state index contributed by atoms with van der Waals surface area (Å²) in [6, 6.07) is 16.8. The number of carbonyl (C=O) groups excluding carboxylic acids is 3. The van der Waals surface area contributed by atoms with E-state index in [0.717, 1.165) is 36.8 Å². The van der Waals surface area contributed by atoms with Crippen LogP contribution in [0.25, 0.3) is 0 Å². The number of urea groups is 1. The Morgan fingerprint density at radius 3 is 2.61 bits per heavy atom. The highest BCUT2D eigenvalue weighted by atomic mass is 16.5. The molecule has 36 heavy (non-hydrogen) atoms. The van der Waals surface area contributed by atoms with Gasteiger partial charge in [0.2, 0.25) is 5.91 Å². The molecule has 7 heteroatoms. The van der Waals surface area contributed by atoms with Crippen LogP contribution in [0.5, 0.6) is 0 Å². The molecule has 4 atom stereocenters. The smallest absolute Gasteiger partial charge is 0.327 e. The number of hydrogen-bond donors (Lipinski definition) is 1. The average Bonchev–Trinajstić information content (AvgIpc) is 3.27. The van der Waals surface area contributed by atoms with E-state index in [-0.39, 0.29) is 36.9 Å². The van der Waals surface area contributed by atoms with Crippen molar-refractivity contribution in [1.29, 1.82) is 0 Å². The fraction of sp³-hybridized carbons (Fsp3) is 0.483. The lowest BCUT2D eigenvalue weighted by Crippen LogP contribution is -2.65. The summed E-state index contributed by atoms with van der Waals surface area (Å²) < 4.78 is 6.27. The van der Waals surface area contributed by atoms with Gasteiger partial charge in [0.15, 0.2) is 6.10 Å². The van der Waals surface area contributed by atoms with Gasteiger partial charge in [-0.05, 0) is 48.4 Å². The maximum atomic E-state index is 13.7. The summed E-state index contributed by atoms with van der Waals surface area (Å²) in [5.74, 6) is -0.101. The molecule has 3 fully saturated rings. The molecule has 190 valence electrons. The zero-order valence-electron chi connectivity index (χ0n) is 21.1. The second-order valence-electron chi connectivity index (χ2n) is 10.5. The van der Waals surface area contributed by atoms with Gasteiger partial charge in [-0.1, -0.05) is 69.2 Å². The second-order valence-corrected chi connectivity index (χ2v) is 10.5. The second kappa shape index (κ2) is 10.4. The van der Waals surface area contributed by atoms with E-state index in [1.165, 1.54) is 4.90 Å². The van der Waals surface area contributed by atoms with Gasteiger partial charge in [0.05, 0.1) is 12.1 Å². The molecular weight excluding hydrogens is 454 g/mol. The summed E-state index contributed by atoms with van der Waals surface area (Å²) in [5, 5.41) is 2.96. The first-order valence-corrected chi connectivity index (χ1v) is 13.1. The summed E-state index contributed by atoms with van der Waals surface area (Å²) in [6.45, 7) is 4.37. The van der Waals surface area contributed by atoms with Crippen LogP contribution in [-0.4, -0.2) is 59.0 Å². The lowest BCUT2D eigenvalue weighted by Gasteiger charge is -2.43. The summed E-state index contributed by atoms with van der Waals surface area (Å²) >= 11 is 0. The van der Waals surface area contributed by atoms with Gasteiger partial charge in [-0.2, -0.15) is 0 Å². The van der Waals surface area contributed by atoms with Crippen LogP contribution in [-0.2, 0) is 20.7 Å². The molecule has 1 saturated carbocycles. The molecule has 0 bridgehead atoms. The Bertz CT molecular complexity index is 1120. The number of ether oxygens (including phenoxy) is 1. The summed E-state index contributed by atoms with van der Waals surface area (Å²) in [7, 11) is 0. The third kappa shape index (κ3) is 4.89. The van der Waals surface area contributed by atoms with Crippen molar-refractivity contribution >= 4 is 23.5 Å². The Labute approximate surface area is 212 Å². The van der Waals surface area contributed by atoms with E-state index < -0.39 is 18.2 Å². The first kappa shape index (κ1) is 24.5. The van der Waals surface area contributed by atoms with Gasteiger partial charge in [-0.15, -0.1) is 0 Å². The van der Waals surface area contributed by atoms with Gasteiger partial charge >= 0.3 is 6.03 Å². The highest BCUT2D eigenvalue weighted by Crippen LogP contribution is 2.43. The van der Waals surface area contributed by atoms with E-state index in [1.54, 1.807) is 4.90 Å². The molecule has 1 N–H and O–H groups in total. The molecule has 2 heterocycles. The highest BCUT2D eigenvalue weighted by molar-refractivity contribution is 6.02. The minimum atomic E-state index is -0.705. The minimum absolute atomic E-state index is 0.0344. The van der Waals surface area contributed by atoms with Crippen molar-refractivity contribution < 1.29 is 19.1 Å².